The number of nitrogens with zero attached hydrogens (tertiary/aromatic N) is 1. The highest BCUT2D eigenvalue weighted by atomic mass is 16.5. The largest absolute Gasteiger partial charge is 0.481 e. The van der Waals surface area contributed by atoms with Gasteiger partial charge in [0.25, 0.3) is 0 Å². The summed E-state index contributed by atoms with van der Waals surface area (Å²) in [6.45, 7) is 0. The van der Waals surface area contributed by atoms with Gasteiger partial charge in [-0.15, -0.1) is 0 Å². The van der Waals surface area contributed by atoms with E-state index in [2.05, 4.69) is 10.3 Å². The van der Waals surface area contributed by atoms with Crippen molar-refractivity contribution in [1.29, 1.82) is 0 Å². The number of nitrogens with one attached hydrogen (secondary N) is 1. The fraction of sp³-hybridized carbons (Fsp3) is 0.615. The molecule has 0 bridgehead atoms. The van der Waals surface area contributed by atoms with Gasteiger partial charge in [-0.1, -0.05) is 12.8 Å². The zero-order chi connectivity index (χ0) is 12.1. The standard InChI is InChI=1S/C13H20N2O2/c1-16-12-6-4-3-5-11(12)15-10-7-8-13(17-2)14-9-10/h7-9,11-12,15H,3-6H2,1-2H3. The Balaban J connectivity index is 1.98. The van der Waals surface area contributed by atoms with Crippen molar-refractivity contribution in [2.24, 2.45) is 0 Å². The molecule has 4 nitrogen and oxygen atoms in total. The van der Waals surface area contributed by atoms with Crippen molar-refractivity contribution in [3.8, 4) is 5.88 Å². The Morgan fingerprint density at radius 1 is 1.24 bits per heavy atom. The number of hydrogen-bond donors (Lipinski definition) is 1. The quantitative estimate of drug-likeness (QED) is 0.872. The highest BCUT2D eigenvalue weighted by Crippen LogP contribution is 2.24. The zero-order valence-electron chi connectivity index (χ0n) is 10.5. The summed E-state index contributed by atoms with van der Waals surface area (Å²) in [4.78, 5) is 4.19. The molecule has 1 aromatic heterocycles. The smallest absolute Gasteiger partial charge is 0.213 e. The van der Waals surface area contributed by atoms with E-state index in [9.17, 15) is 0 Å². The molecule has 0 amide bonds. The number of methoxy groups -OCH3 is 2. The second-order valence-electron chi connectivity index (χ2n) is 4.40. The summed E-state index contributed by atoms with van der Waals surface area (Å²) in [5.41, 5.74) is 1.03. The van der Waals surface area contributed by atoms with Gasteiger partial charge in [-0.25, -0.2) is 4.98 Å². The molecule has 0 aromatic carbocycles. The molecule has 0 radical (unpaired) electrons. The van der Waals surface area contributed by atoms with Crippen LogP contribution < -0.4 is 10.1 Å². The Labute approximate surface area is 102 Å². The van der Waals surface area contributed by atoms with E-state index in [0.29, 0.717) is 18.0 Å². The van der Waals surface area contributed by atoms with E-state index in [-0.39, 0.29) is 0 Å². The van der Waals surface area contributed by atoms with Crippen LogP contribution in [0.25, 0.3) is 0 Å². The van der Waals surface area contributed by atoms with Crippen molar-refractivity contribution in [2.75, 3.05) is 19.5 Å². The molecule has 1 saturated carbocycles. The minimum Gasteiger partial charge on any atom is -0.481 e. The Hall–Kier alpha value is -1.29. The van der Waals surface area contributed by atoms with Crippen molar-refractivity contribution in [3.05, 3.63) is 18.3 Å². The van der Waals surface area contributed by atoms with Crippen LogP contribution >= 0.6 is 0 Å². The van der Waals surface area contributed by atoms with Crippen LogP contribution in [0.15, 0.2) is 18.3 Å². The lowest BCUT2D eigenvalue weighted by molar-refractivity contribution is 0.0606. The lowest BCUT2D eigenvalue weighted by atomic mass is 9.92. The SMILES string of the molecule is COc1ccc(NC2CCCCC2OC)cn1. The first-order valence-electron chi connectivity index (χ1n) is 6.13. The number of aromatic nitrogens is 1. The maximum Gasteiger partial charge on any atom is 0.213 e. The number of anilines is 1. The molecule has 1 aliphatic rings. The number of rotatable bonds is 4. The normalized spacial score (nSPS) is 24.4. The van der Waals surface area contributed by atoms with Crippen LogP contribution in [0.2, 0.25) is 0 Å². The molecule has 17 heavy (non-hydrogen) atoms. The van der Waals surface area contributed by atoms with Crippen LogP contribution in [0.1, 0.15) is 25.7 Å². The van der Waals surface area contributed by atoms with Gasteiger partial charge in [0.15, 0.2) is 0 Å². The molecule has 2 atom stereocenters. The van der Waals surface area contributed by atoms with Crippen LogP contribution in [0.5, 0.6) is 5.88 Å². The summed E-state index contributed by atoms with van der Waals surface area (Å²) in [7, 11) is 3.41. The van der Waals surface area contributed by atoms with E-state index in [4.69, 9.17) is 9.47 Å². The van der Waals surface area contributed by atoms with Crippen LogP contribution in [0, 0.1) is 0 Å². The van der Waals surface area contributed by atoms with Gasteiger partial charge in [0.05, 0.1) is 31.1 Å². The third-order valence-electron chi connectivity index (χ3n) is 3.30. The number of hydrogen-bond acceptors (Lipinski definition) is 4. The van der Waals surface area contributed by atoms with Crippen LogP contribution in [-0.2, 0) is 4.74 Å². The minimum absolute atomic E-state index is 0.311. The molecule has 0 spiro atoms. The summed E-state index contributed by atoms with van der Waals surface area (Å²) in [6.07, 6.45) is 6.94. The summed E-state index contributed by atoms with van der Waals surface area (Å²) in [5.74, 6) is 0.641. The van der Waals surface area contributed by atoms with Crippen LogP contribution in [0.3, 0.4) is 0 Å². The lowest BCUT2D eigenvalue weighted by Crippen LogP contribution is -2.37. The second-order valence-corrected chi connectivity index (χ2v) is 4.40. The highest BCUT2D eigenvalue weighted by Gasteiger charge is 2.24. The summed E-state index contributed by atoms with van der Waals surface area (Å²) < 4.78 is 10.6. The topological polar surface area (TPSA) is 43.4 Å². The third kappa shape index (κ3) is 3.09. The lowest BCUT2D eigenvalue weighted by Gasteiger charge is -2.31. The molecule has 1 N–H and O–H groups in total. The van der Waals surface area contributed by atoms with Crippen molar-refractivity contribution in [3.63, 3.8) is 0 Å². The summed E-state index contributed by atoms with van der Waals surface area (Å²) >= 11 is 0. The third-order valence-corrected chi connectivity index (χ3v) is 3.30. The molecular formula is C13H20N2O2. The van der Waals surface area contributed by atoms with Gasteiger partial charge in [0.1, 0.15) is 0 Å². The average Bonchev–Trinajstić information content (AvgIpc) is 2.40. The maximum atomic E-state index is 5.51. The van der Waals surface area contributed by atoms with Gasteiger partial charge in [0, 0.05) is 13.2 Å². The van der Waals surface area contributed by atoms with Gasteiger partial charge in [-0.3, -0.25) is 0 Å². The van der Waals surface area contributed by atoms with Gasteiger partial charge >= 0.3 is 0 Å². The first-order chi connectivity index (χ1) is 8.33. The van der Waals surface area contributed by atoms with Gasteiger partial charge < -0.3 is 14.8 Å². The van der Waals surface area contributed by atoms with E-state index in [1.54, 1.807) is 20.4 Å². The summed E-state index contributed by atoms with van der Waals surface area (Å²) in [5, 5.41) is 3.49. The highest BCUT2D eigenvalue weighted by molar-refractivity contribution is 5.43. The van der Waals surface area contributed by atoms with Crippen molar-refractivity contribution < 1.29 is 9.47 Å². The summed E-state index contributed by atoms with van der Waals surface area (Å²) in [6, 6.07) is 4.25. The first kappa shape index (κ1) is 12.2. The second kappa shape index (κ2) is 5.87. The van der Waals surface area contributed by atoms with E-state index in [1.807, 2.05) is 12.1 Å². The Morgan fingerprint density at radius 2 is 2.06 bits per heavy atom. The first-order valence-corrected chi connectivity index (χ1v) is 6.13. The molecule has 94 valence electrons. The van der Waals surface area contributed by atoms with E-state index < -0.39 is 0 Å². The van der Waals surface area contributed by atoms with Gasteiger partial charge in [-0.2, -0.15) is 0 Å². The number of pyridine rings is 1. The molecule has 1 aromatic rings. The molecule has 4 heteroatoms. The maximum absolute atomic E-state index is 5.51. The van der Waals surface area contributed by atoms with E-state index >= 15 is 0 Å². The molecular weight excluding hydrogens is 216 g/mol. The van der Waals surface area contributed by atoms with Gasteiger partial charge in [-0.05, 0) is 18.9 Å². The van der Waals surface area contributed by atoms with Crippen molar-refractivity contribution in [1.82, 2.24) is 4.98 Å². The molecule has 2 unspecified atom stereocenters. The van der Waals surface area contributed by atoms with E-state index in [1.165, 1.54) is 12.8 Å². The number of ether oxygens (including phenoxy) is 2. The Morgan fingerprint density at radius 3 is 2.71 bits per heavy atom. The predicted molar refractivity (Wildman–Crippen MR) is 67.5 cm³/mol. The molecule has 1 heterocycles. The monoisotopic (exact) mass is 236 g/mol. The minimum atomic E-state index is 0.311. The van der Waals surface area contributed by atoms with Gasteiger partial charge in [0.2, 0.25) is 5.88 Å². The predicted octanol–water partition coefficient (Wildman–Crippen LogP) is 2.46. The van der Waals surface area contributed by atoms with Crippen LogP contribution in [0.4, 0.5) is 5.69 Å². The molecule has 0 saturated heterocycles. The fourth-order valence-electron chi connectivity index (χ4n) is 2.34. The fourth-order valence-corrected chi connectivity index (χ4v) is 2.34. The van der Waals surface area contributed by atoms with Crippen molar-refractivity contribution >= 4 is 5.69 Å². The molecule has 2 rings (SSSR count). The molecule has 1 aliphatic carbocycles. The Kier molecular flexibility index (Phi) is 4.20. The zero-order valence-corrected chi connectivity index (χ0v) is 10.5. The Bertz CT molecular complexity index is 340. The molecule has 0 aliphatic heterocycles. The average molecular weight is 236 g/mol. The van der Waals surface area contributed by atoms with E-state index in [0.717, 1.165) is 18.5 Å². The molecule has 1 fully saturated rings. The van der Waals surface area contributed by atoms with Crippen LogP contribution in [-0.4, -0.2) is 31.3 Å². The van der Waals surface area contributed by atoms with Crippen molar-refractivity contribution in [2.45, 2.75) is 37.8 Å².